The van der Waals surface area contributed by atoms with Crippen molar-refractivity contribution >= 4 is 44.1 Å². The Morgan fingerprint density at radius 3 is 3.00 bits per heavy atom. The summed E-state index contributed by atoms with van der Waals surface area (Å²) in [6.07, 6.45) is 2.88. The van der Waals surface area contributed by atoms with Crippen molar-refractivity contribution in [2.24, 2.45) is 0 Å². The topological polar surface area (TPSA) is 92.1 Å². The van der Waals surface area contributed by atoms with Gasteiger partial charge in [-0.15, -0.1) is 11.3 Å². The van der Waals surface area contributed by atoms with Gasteiger partial charge in [-0.2, -0.15) is 5.26 Å². The van der Waals surface area contributed by atoms with Crippen LogP contribution in [0.1, 0.15) is 15.9 Å². The SMILES string of the molecule is N#Cc1ccsc1NC(=O)COC(=O)c1cncc(Br)c1. The summed E-state index contributed by atoms with van der Waals surface area (Å²) < 4.78 is 5.51. The van der Waals surface area contributed by atoms with Gasteiger partial charge in [0.1, 0.15) is 11.1 Å². The number of carbonyl (C=O) groups excluding carboxylic acids is 2. The third-order valence-corrected chi connectivity index (χ3v) is 3.58. The van der Waals surface area contributed by atoms with E-state index in [2.05, 4.69) is 26.2 Å². The highest BCUT2D eigenvalue weighted by atomic mass is 79.9. The number of amides is 1. The lowest BCUT2D eigenvalue weighted by Crippen LogP contribution is -2.20. The number of ether oxygens (including phenoxy) is 1. The van der Waals surface area contributed by atoms with Crippen LogP contribution in [-0.4, -0.2) is 23.5 Å². The van der Waals surface area contributed by atoms with Gasteiger partial charge in [0.25, 0.3) is 5.91 Å². The monoisotopic (exact) mass is 365 g/mol. The summed E-state index contributed by atoms with van der Waals surface area (Å²) in [5, 5.41) is 13.5. The summed E-state index contributed by atoms with van der Waals surface area (Å²) in [6.45, 7) is -0.436. The Morgan fingerprint density at radius 2 is 2.29 bits per heavy atom. The molecule has 0 aliphatic rings. The molecule has 0 unspecified atom stereocenters. The first-order chi connectivity index (χ1) is 10.1. The Kier molecular flexibility index (Phi) is 5.03. The Balaban J connectivity index is 1.90. The Bertz CT molecular complexity index is 723. The van der Waals surface area contributed by atoms with E-state index in [1.54, 1.807) is 17.5 Å². The van der Waals surface area contributed by atoms with E-state index in [1.165, 1.54) is 23.7 Å². The lowest BCUT2D eigenvalue weighted by Gasteiger charge is -2.05. The van der Waals surface area contributed by atoms with E-state index in [0.29, 0.717) is 15.0 Å². The maximum Gasteiger partial charge on any atom is 0.340 e. The maximum atomic E-state index is 11.7. The molecule has 0 saturated carbocycles. The number of hydrogen-bond acceptors (Lipinski definition) is 6. The Labute approximate surface area is 132 Å². The van der Waals surface area contributed by atoms with Crippen molar-refractivity contribution in [3.05, 3.63) is 45.5 Å². The number of nitrogens with one attached hydrogen (secondary N) is 1. The molecule has 2 heterocycles. The van der Waals surface area contributed by atoms with Crippen LogP contribution in [0.4, 0.5) is 5.00 Å². The van der Waals surface area contributed by atoms with E-state index < -0.39 is 18.5 Å². The zero-order valence-electron chi connectivity index (χ0n) is 10.5. The number of carbonyl (C=O) groups is 2. The van der Waals surface area contributed by atoms with E-state index in [-0.39, 0.29) is 5.56 Å². The average Bonchev–Trinajstić information content (AvgIpc) is 2.92. The molecule has 0 atom stereocenters. The minimum absolute atomic E-state index is 0.242. The highest BCUT2D eigenvalue weighted by Crippen LogP contribution is 2.21. The van der Waals surface area contributed by atoms with Gasteiger partial charge in [0, 0.05) is 16.9 Å². The molecular formula is C13H8BrN3O3S. The number of hydrogen-bond donors (Lipinski definition) is 1. The second-order valence-electron chi connectivity index (χ2n) is 3.79. The highest BCUT2D eigenvalue weighted by molar-refractivity contribution is 9.10. The smallest absolute Gasteiger partial charge is 0.340 e. The van der Waals surface area contributed by atoms with Gasteiger partial charge in [-0.05, 0) is 33.4 Å². The van der Waals surface area contributed by atoms with Crippen LogP contribution in [0, 0.1) is 11.3 Å². The molecule has 0 saturated heterocycles. The summed E-state index contributed by atoms with van der Waals surface area (Å²) in [5.74, 6) is -1.16. The van der Waals surface area contributed by atoms with Gasteiger partial charge in [-0.3, -0.25) is 9.78 Å². The number of rotatable bonds is 4. The number of nitriles is 1. The van der Waals surface area contributed by atoms with Crippen molar-refractivity contribution in [3.63, 3.8) is 0 Å². The first kappa shape index (κ1) is 15.2. The van der Waals surface area contributed by atoms with Gasteiger partial charge in [0.2, 0.25) is 0 Å². The molecule has 6 nitrogen and oxygen atoms in total. The molecule has 0 spiro atoms. The fourth-order valence-corrected chi connectivity index (χ4v) is 2.51. The van der Waals surface area contributed by atoms with Crippen LogP contribution < -0.4 is 5.32 Å². The molecule has 21 heavy (non-hydrogen) atoms. The molecule has 0 aliphatic heterocycles. The first-order valence-corrected chi connectivity index (χ1v) is 7.32. The molecule has 2 aromatic heterocycles. The van der Waals surface area contributed by atoms with Gasteiger partial charge < -0.3 is 10.1 Å². The van der Waals surface area contributed by atoms with E-state index in [0.717, 1.165) is 0 Å². The number of anilines is 1. The fourth-order valence-electron chi connectivity index (χ4n) is 1.39. The van der Waals surface area contributed by atoms with Gasteiger partial charge in [-0.1, -0.05) is 0 Å². The van der Waals surface area contributed by atoms with Crippen LogP contribution in [0.3, 0.4) is 0 Å². The number of pyridine rings is 1. The van der Waals surface area contributed by atoms with Gasteiger partial charge in [0.15, 0.2) is 6.61 Å². The molecule has 0 bridgehead atoms. The largest absolute Gasteiger partial charge is 0.452 e. The summed E-state index contributed by atoms with van der Waals surface area (Å²) in [4.78, 5) is 27.2. The molecule has 0 aromatic carbocycles. The number of nitrogens with zero attached hydrogens (tertiary/aromatic N) is 2. The predicted octanol–water partition coefficient (Wildman–Crippen LogP) is 2.57. The van der Waals surface area contributed by atoms with Crippen LogP contribution in [0.25, 0.3) is 0 Å². The lowest BCUT2D eigenvalue weighted by atomic mass is 10.3. The first-order valence-electron chi connectivity index (χ1n) is 5.65. The quantitative estimate of drug-likeness (QED) is 0.840. The summed E-state index contributed by atoms with van der Waals surface area (Å²) >= 11 is 4.41. The lowest BCUT2D eigenvalue weighted by molar-refractivity contribution is -0.119. The molecule has 1 amide bonds. The van der Waals surface area contributed by atoms with Crippen LogP contribution in [-0.2, 0) is 9.53 Å². The normalized spacial score (nSPS) is 9.71. The predicted molar refractivity (Wildman–Crippen MR) is 79.9 cm³/mol. The minimum atomic E-state index is -0.648. The zero-order chi connectivity index (χ0) is 15.2. The van der Waals surface area contributed by atoms with Crippen LogP contribution in [0.5, 0.6) is 0 Å². The molecule has 0 aliphatic carbocycles. The zero-order valence-corrected chi connectivity index (χ0v) is 12.9. The molecule has 0 fully saturated rings. The van der Waals surface area contributed by atoms with Crippen molar-refractivity contribution in [2.75, 3.05) is 11.9 Å². The summed E-state index contributed by atoms with van der Waals surface area (Å²) in [5.41, 5.74) is 0.613. The fraction of sp³-hybridized carbons (Fsp3) is 0.0769. The van der Waals surface area contributed by atoms with Gasteiger partial charge in [-0.25, -0.2) is 4.79 Å². The second kappa shape index (κ2) is 6.97. The Hall–Kier alpha value is -2.24. The van der Waals surface area contributed by atoms with Crippen molar-refractivity contribution in [1.29, 1.82) is 5.26 Å². The van der Waals surface area contributed by atoms with E-state index in [1.807, 2.05) is 6.07 Å². The van der Waals surface area contributed by atoms with E-state index in [4.69, 9.17) is 10.00 Å². The summed E-state index contributed by atoms with van der Waals surface area (Å²) in [7, 11) is 0. The van der Waals surface area contributed by atoms with E-state index >= 15 is 0 Å². The second-order valence-corrected chi connectivity index (χ2v) is 5.62. The molecule has 2 aromatic rings. The number of aromatic nitrogens is 1. The number of thiophene rings is 1. The average molecular weight is 366 g/mol. The Morgan fingerprint density at radius 1 is 1.48 bits per heavy atom. The van der Waals surface area contributed by atoms with Crippen molar-refractivity contribution < 1.29 is 14.3 Å². The molecular weight excluding hydrogens is 358 g/mol. The van der Waals surface area contributed by atoms with Crippen LogP contribution in [0.2, 0.25) is 0 Å². The van der Waals surface area contributed by atoms with Crippen molar-refractivity contribution in [2.45, 2.75) is 0 Å². The van der Waals surface area contributed by atoms with Gasteiger partial charge in [0.05, 0.1) is 11.1 Å². The van der Waals surface area contributed by atoms with E-state index in [9.17, 15) is 9.59 Å². The van der Waals surface area contributed by atoms with Gasteiger partial charge >= 0.3 is 5.97 Å². The standard InChI is InChI=1S/C13H8BrN3O3S/c14-10-3-9(5-16-6-10)13(19)20-7-11(18)17-12-8(4-15)1-2-21-12/h1-3,5-6H,7H2,(H,17,18). The van der Waals surface area contributed by atoms with Crippen molar-refractivity contribution in [3.8, 4) is 6.07 Å². The van der Waals surface area contributed by atoms with Crippen LogP contribution >= 0.6 is 27.3 Å². The highest BCUT2D eigenvalue weighted by Gasteiger charge is 2.13. The molecule has 106 valence electrons. The molecule has 2 rings (SSSR count). The molecule has 0 radical (unpaired) electrons. The number of halogens is 1. The molecule has 1 N–H and O–H groups in total. The third-order valence-electron chi connectivity index (χ3n) is 2.31. The summed E-state index contributed by atoms with van der Waals surface area (Å²) in [6, 6.07) is 5.09. The minimum Gasteiger partial charge on any atom is -0.452 e. The third kappa shape index (κ3) is 4.11. The molecule has 8 heteroatoms. The number of esters is 1. The van der Waals surface area contributed by atoms with Crippen LogP contribution in [0.15, 0.2) is 34.4 Å². The maximum absolute atomic E-state index is 11.7. The van der Waals surface area contributed by atoms with Crippen molar-refractivity contribution in [1.82, 2.24) is 4.98 Å².